The minimum atomic E-state index is -4.56. The summed E-state index contributed by atoms with van der Waals surface area (Å²) < 4.78 is 134. The highest BCUT2D eigenvalue weighted by Crippen LogP contribution is 2.43. The average Bonchev–Trinajstić information content (AvgIpc) is 3.24. The van der Waals surface area contributed by atoms with E-state index in [0.717, 1.165) is 57.1 Å². The molecule has 3 aliphatic heterocycles. The number of hydrogen-bond donors (Lipinski definition) is 0. The fraction of sp³-hybridized carbons (Fsp3) is 0.400. The SMILES string of the molecule is O=S1(=O)C[C@@H]2[C@H](C1)N(S(=O)(=O)c1ccc(F)cc1)[C@H]1CS(=O)(=O)C[C@@H]1N2S(=O)(=O)c1ccc(F)cc1. The molecule has 0 aromatic heterocycles. The van der Waals surface area contributed by atoms with E-state index < -0.39 is 98.5 Å². The summed E-state index contributed by atoms with van der Waals surface area (Å²) in [6, 6.07) is 1.80. The summed E-state index contributed by atoms with van der Waals surface area (Å²) in [7, 11) is -17.0. The molecular weight excluding hydrogens is 562 g/mol. The van der Waals surface area contributed by atoms with Crippen LogP contribution in [0.25, 0.3) is 0 Å². The third-order valence-electron chi connectivity index (χ3n) is 6.67. The molecule has 0 radical (unpaired) electrons. The lowest BCUT2D eigenvalue weighted by atomic mass is 10.0. The third-order valence-corrected chi connectivity index (χ3v) is 14.0. The van der Waals surface area contributed by atoms with Crippen molar-refractivity contribution in [3.05, 3.63) is 60.2 Å². The second kappa shape index (κ2) is 8.26. The lowest BCUT2D eigenvalue weighted by Crippen LogP contribution is -2.69. The van der Waals surface area contributed by atoms with Crippen molar-refractivity contribution in [1.29, 1.82) is 0 Å². The van der Waals surface area contributed by atoms with Gasteiger partial charge in [0.1, 0.15) is 11.6 Å². The predicted molar refractivity (Wildman–Crippen MR) is 123 cm³/mol. The molecule has 3 saturated heterocycles. The van der Waals surface area contributed by atoms with Gasteiger partial charge in [-0.3, -0.25) is 0 Å². The van der Waals surface area contributed by atoms with Crippen LogP contribution in [0.15, 0.2) is 58.3 Å². The van der Waals surface area contributed by atoms with Crippen molar-refractivity contribution in [3.8, 4) is 0 Å². The number of hydrogen-bond acceptors (Lipinski definition) is 8. The maximum atomic E-state index is 13.7. The highest BCUT2D eigenvalue weighted by molar-refractivity contribution is 7.93. The zero-order chi connectivity index (χ0) is 26.3. The van der Waals surface area contributed by atoms with Crippen molar-refractivity contribution in [1.82, 2.24) is 8.61 Å². The Morgan fingerprint density at radius 2 is 0.806 bits per heavy atom. The highest BCUT2D eigenvalue weighted by atomic mass is 32.2. The van der Waals surface area contributed by atoms with E-state index in [2.05, 4.69) is 0 Å². The molecule has 3 aliphatic rings. The molecule has 3 heterocycles. The number of fused-ring (bicyclic) bond motifs is 2. The number of nitrogens with zero attached hydrogens (tertiary/aromatic N) is 2. The standard InChI is InChI=1S/C20H20F2N2O8S4/c21-13-1-5-15(6-2-13)35(29,30)23-17-9-33(25,26)11-19(17)24(20-12-34(27,28)10-18(20)23)36(31,32)16-7-3-14(22)4-8-16/h1-8,17-20H,9-12H2/t17-,18-,19-,20+/m0/s1. The van der Waals surface area contributed by atoms with E-state index in [4.69, 9.17) is 0 Å². The highest BCUT2D eigenvalue weighted by Gasteiger charge is 2.63. The number of halogens is 2. The Bertz CT molecular complexity index is 1480. The van der Waals surface area contributed by atoms with Gasteiger partial charge in [-0.2, -0.15) is 8.61 Å². The fourth-order valence-corrected chi connectivity index (χ4v) is 13.2. The van der Waals surface area contributed by atoms with E-state index in [1.165, 1.54) is 0 Å². The summed E-state index contributed by atoms with van der Waals surface area (Å²) >= 11 is 0. The van der Waals surface area contributed by atoms with Gasteiger partial charge in [-0.25, -0.2) is 42.5 Å². The van der Waals surface area contributed by atoms with Crippen LogP contribution in [0.3, 0.4) is 0 Å². The summed E-state index contributed by atoms with van der Waals surface area (Å²) in [5.74, 6) is -4.33. The van der Waals surface area contributed by atoms with Crippen LogP contribution in [-0.2, 0) is 39.7 Å². The van der Waals surface area contributed by atoms with E-state index in [-0.39, 0.29) is 9.79 Å². The van der Waals surface area contributed by atoms with Crippen molar-refractivity contribution in [2.24, 2.45) is 0 Å². The van der Waals surface area contributed by atoms with Crippen molar-refractivity contribution >= 4 is 39.7 Å². The molecule has 36 heavy (non-hydrogen) atoms. The monoisotopic (exact) mass is 582 g/mol. The molecule has 10 nitrogen and oxygen atoms in total. The zero-order valence-electron chi connectivity index (χ0n) is 18.3. The molecule has 0 saturated carbocycles. The topological polar surface area (TPSA) is 143 Å². The number of rotatable bonds is 4. The Labute approximate surface area is 207 Å². The quantitative estimate of drug-likeness (QED) is 0.490. The molecule has 0 aliphatic carbocycles. The summed E-state index contributed by atoms with van der Waals surface area (Å²) in [6.45, 7) is 0. The molecule has 16 heteroatoms. The van der Waals surface area contributed by atoms with Gasteiger partial charge in [-0.15, -0.1) is 0 Å². The van der Waals surface area contributed by atoms with Crippen LogP contribution in [0.2, 0.25) is 0 Å². The molecule has 196 valence electrons. The van der Waals surface area contributed by atoms with Gasteiger partial charge in [0, 0.05) is 0 Å². The van der Waals surface area contributed by atoms with Gasteiger partial charge in [-0.1, -0.05) is 0 Å². The minimum Gasteiger partial charge on any atom is -0.229 e. The van der Waals surface area contributed by atoms with Crippen LogP contribution in [0, 0.1) is 11.6 Å². The van der Waals surface area contributed by atoms with Gasteiger partial charge in [-0.05, 0) is 48.5 Å². The predicted octanol–water partition coefficient (Wildman–Crippen LogP) is -0.00880. The molecule has 0 bridgehead atoms. The number of piperazine rings is 1. The molecule has 0 amide bonds. The second-order valence-electron chi connectivity index (χ2n) is 9.00. The van der Waals surface area contributed by atoms with Crippen LogP contribution in [0.4, 0.5) is 8.78 Å². The third kappa shape index (κ3) is 4.16. The fourth-order valence-electron chi connectivity index (χ4n) is 5.25. The largest absolute Gasteiger partial charge is 0.243 e. The average molecular weight is 583 g/mol. The van der Waals surface area contributed by atoms with E-state index in [9.17, 15) is 42.5 Å². The first-order chi connectivity index (χ1) is 16.6. The Kier molecular flexibility index (Phi) is 5.89. The summed E-state index contributed by atoms with van der Waals surface area (Å²) in [4.78, 5) is -0.769. The van der Waals surface area contributed by atoms with Crippen LogP contribution in [-0.4, -0.2) is 89.5 Å². The number of sulfonamides is 2. The molecule has 5 rings (SSSR count). The Morgan fingerprint density at radius 1 is 0.556 bits per heavy atom. The first-order valence-corrected chi connectivity index (χ1v) is 17.1. The lowest BCUT2D eigenvalue weighted by Gasteiger charge is -2.48. The molecule has 4 atom stereocenters. The number of sulfone groups is 2. The van der Waals surface area contributed by atoms with E-state index >= 15 is 0 Å². The molecule has 0 unspecified atom stereocenters. The van der Waals surface area contributed by atoms with Crippen molar-refractivity contribution < 1.29 is 42.5 Å². The normalized spacial score (nSPS) is 30.1. The van der Waals surface area contributed by atoms with Gasteiger partial charge >= 0.3 is 0 Å². The van der Waals surface area contributed by atoms with Crippen LogP contribution in [0.1, 0.15) is 0 Å². The van der Waals surface area contributed by atoms with Gasteiger partial charge < -0.3 is 0 Å². The Morgan fingerprint density at radius 3 is 1.06 bits per heavy atom. The molecule has 2 aromatic carbocycles. The second-order valence-corrected chi connectivity index (χ2v) is 17.0. The Balaban J connectivity index is 1.70. The zero-order valence-corrected chi connectivity index (χ0v) is 21.6. The minimum absolute atomic E-state index is 0.384. The smallest absolute Gasteiger partial charge is 0.229 e. The molecule has 0 N–H and O–H groups in total. The van der Waals surface area contributed by atoms with Crippen molar-refractivity contribution in [2.45, 2.75) is 34.0 Å². The van der Waals surface area contributed by atoms with Gasteiger partial charge in [0.15, 0.2) is 19.7 Å². The van der Waals surface area contributed by atoms with E-state index in [0.29, 0.717) is 0 Å². The molecule has 3 fully saturated rings. The molecular formula is C20H20F2N2O8S4. The summed E-state index contributed by atoms with van der Waals surface area (Å²) in [5.41, 5.74) is 0. The van der Waals surface area contributed by atoms with Crippen LogP contribution >= 0.6 is 0 Å². The summed E-state index contributed by atoms with van der Waals surface area (Å²) in [6.07, 6.45) is 0. The van der Waals surface area contributed by atoms with Crippen molar-refractivity contribution in [2.75, 3.05) is 23.0 Å². The first-order valence-electron chi connectivity index (χ1n) is 10.6. The lowest BCUT2D eigenvalue weighted by molar-refractivity contribution is 0.0841. The molecule has 0 spiro atoms. The van der Waals surface area contributed by atoms with Crippen LogP contribution < -0.4 is 0 Å². The van der Waals surface area contributed by atoms with Gasteiger partial charge in [0.25, 0.3) is 0 Å². The van der Waals surface area contributed by atoms with Crippen molar-refractivity contribution in [3.63, 3.8) is 0 Å². The van der Waals surface area contributed by atoms with Crippen LogP contribution in [0.5, 0.6) is 0 Å². The maximum Gasteiger partial charge on any atom is 0.243 e. The van der Waals surface area contributed by atoms with Gasteiger partial charge in [0.2, 0.25) is 20.0 Å². The van der Waals surface area contributed by atoms with E-state index in [1.54, 1.807) is 0 Å². The first kappa shape index (κ1) is 25.7. The molecule has 2 aromatic rings. The number of benzene rings is 2. The van der Waals surface area contributed by atoms with E-state index in [1.807, 2.05) is 0 Å². The Hall–Kier alpha value is -1.98. The maximum absolute atomic E-state index is 13.7. The van der Waals surface area contributed by atoms with Gasteiger partial charge in [0.05, 0.1) is 57.0 Å². The summed E-state index contributed by atoms with van der Waals surface area (Å²) in [5, 5.41) is 0.